The minimum Gasteiger partial charge on any atom is -0.550 e. The fourth-order valence-electron chi connectivity index (χ4n) is 0.371. The second-order valence-corrected chi connectivity index (χ2v) is 3.95. The van der Waals surface area contributed by atoms with Gasteiger partial charge in [0.2, 0.25) is 0 Å². The van der Waals surface area contributed by atoms with Gasteiger partial charge in [0.1, 0.15) is 0 Å². The normalized spacial score (nSPS) is 7.73. The van der Waals surface area contributed by atoms with Crippen molar-refractivity contribution in [3.8, 4) is 0 Å². The Morgan fingerprint density at radius 3 is 0.864 bits per heavy atom. The quantitative estimate of drug-likeness (QED) is 0.405. The summed E-state index contributed by atoms with van der Waals surface area (Å²) in [7, 11) is -2.23. The van der Waals surface area contributed by atoms with Gasteiger partial charge >= 0.3 is 64.2 Å². The van der Waals surface area contributed by atoms with Gasteiger partial charge in [0.25, 0.3) is 0 Å². The smallest absolute Gasteiger partial charge is 0.550 e. The zero-order chi connectivity index (χ0) is 17.6. The SMILES string of the molecule is CC(=O)OP(OC(C)=O)OC(C)=O.CC(=O)[O-].CC(=O)[O-].[Ca+2]. The van der Waals surface area contributed by atoms with Crippen LogP contribution in [0.15, 0.2) is 0 Å². The molecule has 0 aromatic heterocycles. The Kier molecular flexibility index (Phi) is 23.9. The van der Waals surface area contributed by atoms with E-state index in [1.54, 1.807) is 0 Å². The van der Waals surface area contributed by atoms with Crippen molar-refractivity contribution in [2.75, 3.05) is 0 Å². The maximum atomic E-state index is 10.4. The van der Waals surface area contributed by atoms with Gasteiger partial charge in [-0.15, -0.1) is 0 Å². The van der Waals surface area contributed by atoms with E-state index in [2.05, 4.69) is 13.6 Å². The molecule has 0 heterocycles. The molecular weight excluding hydrogens is 351 g/mol. The minimum atomic E-state index is -2.23. The van der Waals surface area contributed by atoms with Crippen molar-refractivity contribution in [1.29, 1.82) is 0 Å². The molecule has 0 atom stereocenters. The number of aliphatic carboxylic acids is 2. The summed E-state index contributed by atoms with van der Waals surface area (Å²) >= 11 is 0. The van der Waals surface area contributed by atoms with Crippen molar-refractivity contribution in [3.05, 3.63) is 0 Å². The molecule has 0 unspecified atom stereocenters. The second-order valence-electron chi connectivity index (χ2n) is 2.96. The Balaban J connectivity index is -0.000000150. The number of hydrogen-bond donors (Lipinski definition) is 0. The Hall–Kier alpha value is -0.960. The molecule has 10 nitrogen and oxygen atoms in total. The van der Waals surface area contributed by atoms with E-state index in [0.717, 1.165) is 34.6 Å². The van der Waals surface area contributed by atoms with Crippen LogP contribution in [-0.4, -0.2) is 67.6 Å². The molecular formula is C10H15CaO10P. The van der Waals surface area contributed by atoms with E-state index in [9.17, 15) is 14.4 Å². The minimum absolute atomic E-state index is 0. The maximum Gasteiger partial charge on any atom is 2.00 e. The van der Waals surface area contributed by atoms with Gasteiger partial charge in [-0.05, 0) is 13.8 Å². The second kappa shape index (κ2) is 18.1. The van der Waals surface area contributed by atoms with Gasteiger partial charge in [0, 0.05) is 32.7 Å². The Bertz CT molecular complexity index is 326. The van der Waals surface area contributed by atoms with Crippen LogP contribution in [0.2, 0.25) is 0 Å². The van der Waals surface area contributed by atoms with Crippen molar-refractivity contribution in [1.82, 2.24) is 0 Å². The molecule has 0 aromatic carbocycles. The third-order valence-corrected chi connectivity index (χ3v) is 1.83. The fraction of sp³-hybridized carbons (Fsp3) is 0.500. The molecule has 0 aliphatic carbocycles. The van der Waals surface area contributed by atoms with E-state index in [1.165, 1.54) is 0 Å². The molecule has 0 aliphatic heterocycles. The zero-order valence-corrected chi connectivity index (χ0v) is 15.8. The largest absolute Gasteiger partial charge is 2.00 e. The van der Waals surface area contributed by atoms with Crippen LogP contribution in [0, 0.1) is 0 Å². The van der Waals surface area contributed by atoms with E-state index >= 15 is 0 Å². The van der Waals surface area contributed by atoms with Gasteiger partial charge in [0.05, 0.1) is 0 Å². The summed E-state index contributed by atoms with van der Waals surface area (Å²) in [5.41, 5.74) is 0. The molecule has 0 fully saturated rings. The van der Waals surface area contributed by atoms with Crippen LogP contribution < -0.4 is 10.2 Å². The summed E-state index contributed by atoms with van der Waals surface area (Å²) in [6.07, 6.45) is 0. The van der Waals surface area contributed by atoms with Crippen LogP contribution in [0.25, 0.3) is 0 Å². The predicted octanol–water partition coefficient (Wildman–Crippen LogP) is -1.97. The van der Waals surface area contributed by atoms with E-state index in [1.807, 2.05) is 0 Å². The Morgan fingerprint density at radius 2 is 0.773 bits per heavy atom. The zero-order valence-electron chi connectivity index (χ0n) is 12.7. The molecule has 0 aliphatic rings. The summed E-state index contributed by atoms with van der Waals surface area (Å²) in [5, 5.41) is 17.8. The monoisotopic (exact) mass is 366 g/mol. The number of carboxylic acid groups (broad SMARTS) is 2. The van der Waals surface area contributed by atoms with E-state index < -0.39 is 38.4 Å². The molecule has 0 amide bonds. The van der Waals surface area contributed by atoms with Crippen molar-refractivity contribution < 1.29 is 47.8 Å². The molecule has 22 heavy (non-hydrogen) atoms. The van der Waals surface area contributed by atoms with Crippen LogP contribution in [0.3, 0.4) is 0 Å². The number of carbonyl (C=O) groups is 5. The first-order chi connectivity index (χ1) is 9.38. The maximum absolute atomic E-state index is 10.4. The van der Waals surface area contributed by atoms with Crippen molar-refractivity contribution in [2.24, 2.45) is 0 Å². The molecule has 0 bridgehead atoms. The number of carbonyl (C=O) groups excluding carboxylic acids is 5. The van der Waals surface area contributed by atoms with Crippen LogP contribution in [-0.2, 0) is 37.5 Å². The topological polar surface area (TPSA) is 159 Å². The summed E-state index contributed by atoms with van der Waals surface area (Å²) in [6.45, 7) is 5.28. The molecule has 12 heteroatoms. The van der Waals surface area contributed by atoms with Crippen LogP contribution in [0.1, 0.15) is 34.6 Å². The summed E-state index contributed by atoms with van der Waals surface area (Å²) < 4.78 is 13.2. The average molecular weight is 366 g/mol. The van der Waals surface area contributed by atoms with Gasteiger partial charge in [-0.1, -0.05) is 0 Å². The Labute approximate surface area is 158 Å². The number of carboxylic acids is 2. The summed E-state index contributed by atoms with van der Waals surface area (Å²) in [6, 6.07) is 0. The summed E-state index contributed by atoms with van der Waals surface area (Å²) in [5.74, 6) is -4.23. The Morgan fingerprint density at radius 1 is 0.636 bits per heavy atom. The molecule has 0 spiro atoms. The van der Waals surface area contributed by atoms with Crippen molar-refractivity contribution >= 4 is 76.2 Å². The molecule has 122 valence electrons. The van der Waals surface area contributed by atoms with Gasteiger partial charge in [0.15, 0.2) is 0 Å². The van der Waals surface area contributed by atoms with Gasteiger partial charge in [-0.25, -0.2) is 0 Å². The molecule has 0 aromatic rings. The van der Waals surface area contributed by atoms with Gasteiger partial charge in [-0.2, -0.15) is 0 Å². The third-order valence-electron chi connectivity index (χ3n) is 0.609. The average Bonchev–Trinajstić information content (AvgIpc) is 2.10. The number of hydrogen-bond acceptors (Lipinski definition) is 10. The standard InChI is InChI=1S/C6H9O6P.2C2H4O2.Ca/c1-4(7)10-13(11-5(2)8)12-6(3)9;2*1-2(3)4;/h1-3H3;2*1H3,(H,3,4);/q;;;+2/p-2. The molecule has 0 saturated heterocycles. The van der Waals surface area contributed by atoms with Crippen LogP contribution in [0.4, 0.5) is 0 Å². The van der Waals surface area contributed by atoms with E-state index in [0.29, 0.717) is 0 Å². The molecule has 0 saturated carbocycles. The van der Waals surface area contributed by atoms with Crippen molar-refractivity contribution in [2.45, 2.75) is 34.6 Å². The number of rotatable bonds is 3. The third kappa shape index (κ3) is 50.8. The predicted molar refractivity (Wildman–Crippen MR) is 69.3 cm³/mol. The van der Waals surface area contributed by atoms with E-state index in [-0.39, 0.29) is 37.7 Å². The van der Waals surface area contributed by atoms with E-state index in [4.69, 9.17) is 19.8 Å². The van der Waals surface area contributed by atoms with Gasteiger partial charge < -0.3 is 33.4 Å². The first kappa shape index (κ1) is 29.1. The van der Waals surface area contributed by atoms with Crippen LogP contribution in [0.5, 0.6) is 0 Å². The fourth-order valence-corrected chi connectivity index (χ4v) is 1.11. The molecule has 0 radical (unpaired) electrons. The van der Waals surface area contributed by atoms with Crippen molar-refractivity contribution in [3.63, 3.8) is 0 Å². The molecule has 0 N–H and O–H groups in total. The first-order valence-corrected chi connectivity index (χ1v) is 6.18. The van der Waals surface area contributed by atoms with Gasteiger partial charge in [-0.3, -0.25) is 14.4 Å². The van der Waals surface area contributed by atoms with Crippen LogP contribution >= 0.6 is 8.60 Å². The summed E-state index contributed by atoms with van der Waals surface area (Å²) in [4.78, 5) is 49.1. The molecule has 0 rings (SSSR count). The first-order valence-electron chi connectivity index (χ1n) is 5.09.